The molecule has 0 heterocycles. The van der Waals surface area contributed by atoms with Crippen LogP contribution in [0, 0.1) is 0 Å². The van der Waals surface area contributed by atoms with Crippen LogP contribution in [-0.2, 0) is 20.2 Å². The number of rotatable bonds is 5. The van der Waals surface area contributed by atoms with Gasteiger partial charge in [-0.3, -0.25) is 0 Å². The molecule has 0 saturated heterocycles. The number of sulfone groups is 1. The van der Waals surface area contributed by atoms with Gasteiger partial charge >= 0.3 is 0 Å². The summed E-state index contributed by atoms with van der Waals surface area (Å²) in [6.45, 7) is 0. The molecule has 0 radical (unpaired) electrons. The Morgan fingerprint density at radius 3 is 2.30 bits per heavy atom. The van der Waals surface area contributed by atoms with Crippen molar-refractivity contribution in [1.82, 2.24) is 0 Å². The molecule has 0 amide bonds. The lowest BCUT2D eigenvalue weighted by Crippen LogP contribution is -2.10. The van der Waals surface area contributed by atoms with E-state index in [9.17, 15) is 13.2 Å². The number of carbonyl (C=O) groups excluding carboxylic acids is 1. The maximum Gasteiger partial charge on any atom is 0.235 e. The number of methoxy groups -OCH3 is 2. The SMILES string of the molecule is COc1cc(C2(N=C=O)CC2)c(OC)c(S(C)(=O)=O)c1. The van der Waals surface area contributed by atoms with Gasteiger partial charge in [0.05, 0.1) is 14.2 Å². The second-order valence-electron chi connectivity index (χ2n) is 4.71. The third-order valence-electron chi connectivity index (χ3n) is 3.35. The number of isocyanates is 1. The van der Waals surface area contributed by atoms with Crippen LogP contribution in [0.5, 0.6) is 11.5 Å². The Balaban J connectivity index is 2.77. The number of hydrogen-bond donors (Lipinski definition) is 0. The lowest BCUT2D eigenvalue weighted by Gasteiger charge is -2.18. The number of benzene rings is 1. The van der Waals surface area contributed by atoms with Gasteiger partial charge < -0.3 is 9.47 Å². The summed E-state index contributed by atoms with van der Waals surface area (Å²) >= 11 is 0. The molecule has 7 heteroatoms. The Hall–Kier alpha value is -1.85. The zero-order valence-electron chi connectivity index (χ0n) is 11.5. The van der Waals surface area contributed by atoms with E-state index >= 15 is 0 Å². The standard InChI is InChI=1S/C13H15NO5S/c1-18-9-6-10(13(4-5-13)14-8-15)12(19-2)11(7-9)20(3,16)17/h6-7H,4-5H2,1-3H3. The number of aliphatic imine (C=N–C) groups is 1. The van der Waals surface area contributed by atoms with Crippen LogP contribution < -0.4 is 9.47 Å². The molecular weight excluding hydrogens is 282 g/mol. The largest absolute Gasteiger partial charge is 0.497 e. The second kappa shape index (κ2) is 4.92. The number of hydrogen-bond acceptors (Lipinski definition) is 6. The minimum atomic E-state index is -3.49. The molecular formula is C13H15NO5S. The number of ether oxygens (including phenoxy) is 2. The molecule has 1 saturated carbocycles. The predicted molar refractivity (Wildman–Crippen MR) is 71.7 cm³/mol. The Morgan fingerprint density at radius 1 is 1.25 bits per heavy atom. The average molecular weight is 297 g/mol. The van der Waals surface area contributed by atoms with E-state index in [1.807, 2.05) is 0 Å². The van der Waals surface area contributed by atoms with Crippen molar-refractivity contribution in [1.29, 1.82) is 0 Å². The highest BCUT2D eigenvalue weighted by molar-refractivity contribution is 7.90. The third-order valence-corrected chi connectivity index (χ3v) is 4.45. The van der Waals surface area contributed by atoms with Gasteiger partial charge in [-0.1, -0.05) is 0 Å². The summed E-state index contributed by atoms with van der Waals surface area (Å²) in [7, 11) is -0.659. The van der Waals surface area contributed by atoms with E-state index in [2.05, 4.69) is 4.99 Å². The summed E-state index contributed by atoms with van der Waals surface area (Å²) in [5, 5.41) is 0. The van der Waals surface area contributed by atoms with E-state index in [-0.39, 0.29) is 10.6 Å². The zero-order chi connectivity index (χ0) is 15.0. The lowest BCUT2D eigenvalue weighted by atomic mass is 10.0. The fourth-order valence-corrected chi connectivity index (χ4v) is 3.03. The van der Waals surface area contributed by atoms with Crippen LogP contribution in [-0.4, -0.2) is 35.0 Å². The maximum atomic E-state index is 11.9. The second-order valence-corrected chi connectivity index (χ2v) is 6.70. The molecule has 1 fully saturated rings. The molecule has 0 atom stereocenters. The first-order chi connectivity index (χ1) is 9.38. The summed E-state index contributed by atoms with van der Waals surface area (Å²) in [5.41, 5.74) is -0.190. The topological polar surface area (TPSA) is 82.0 Å². The zero-order valence-corrected chi connectivity index (χ0v) is 12.3. The van der Waals surface area contributed by atoms with E-state index in [0.29, 0.717) is 24.2 Å². The highest BCUT2D eigenvalue weighted by atomic mass is 32.2. The van der Waals surface area contributed by atoms with E-state index < -0.39 is 15.4 Å². The molecule has 0 bridgehead atoms. The van der Waals surface area contributed by atoms with Crippen LogP contribution in [0.25, 0.3) is 0 Å². The van der Waals surface area contributed by atoms with Crippen molar-refractivity contribution in [2.75, 3.05) is 20.5 Å². The quantitative estimate of drug-likeness (QED) is 0.606. The molecule has 6 nitrogen and oxygen atoms in total. The molecule has 0 unspecified atom stereocenters. The first-order valence-electron chi connectivity index (χ1n) is 5.93. The van der Waals surface area contributed by atoms with Gasteiger partial charge in [-0.05, 0) is 18.9 Å². The molecule has 2 rings (SSSR count). The van der Waals surface area contributed by atoms with E-state index in [1.165, 1.54) is 20.3 Å². The van der Waals surface area contributed by atoms with Crippen LogP contribution in [0.15, 0.2) is 22.0 Å². The van der Waals surface area contributed by atoms with Gasteiger partial charge in [0.15, 0.2) is 9.84 Å². The van der Waals surface area contributed by atoms with E-state index in [4.69, 9.17) is 9.47 Å². The van der Waals surface area contributed by atoms with Crippen LogP contribution in [0.2, 0.25) is 0 Å². The van der Waals surface area contributed by atoms with Gasteiger partial charge in [-0.25, -0.2) is 13.2 Å². The average Bonchev–Trinajstić information content (AvgIpc) is 3.17. The molecule has 108 valence electrons. The Morgan fingerprint density at radius 2 is 1.90 bits per heavy atom. The van der Waals surface area contributed by atoms with Crippen molar-refractivity contribution >= 4 is 15.9 Å². The Labute approximate surface area is 117 Å². The highest BCUT2D eigenvalue weighted by Crippen LogP contribution is 2.54. The first kappa shape index (κ1) is 14.6. The Kier molecular flexibility index (Phi) is 3.58. The molecule has 0 spiro atoms. The van der Waals surface area contributed by atoms with Crippen molar-refractivity contribution in [3.63, 3.8) is 0 Å². The Bertz CT molecular complexity index is 685. The van der Waals surface area contributed by atoms with Gasteiger partial charge in [0, 0.05) is 17.9 Å². The van der Waals surface area contributed by atoms with Gasteiger partial charge in [-0.15, -0.1) is 0 Å². The highest BCUT2D eigenvalue weighted by Gasteiger charge is 2.48. The van der Waals surface area contributed by atoms with Gasteiger partial charge in [0.1, 0.15) is 21.9 Å². The molecule has 0 aromatic heterocycles. The van der Waals surface area contributed by atoms with Crippen LogP contribution in [0.4, 0.5) is 0 Å². The van der Waals surface area contributed by atoms with Crippen molar-refractivity contribution < 1.29 is 22.7 Å². The third kappa shape index (κ3) is 2.42. The molecule has 1 aliphatic carbocycles. The first-order valence-corrected chi connectivity index (χ1v) is 7.83. The summed E-state index contributed by atoms with van der Waals surface area (Å²) in [5.74, 6) is 0.596. The predicted octanol–water partition coefficient (Wildman–Crippen LogP) is 1.43. The van der Waals surface area contributed by atoms with Gasteiger partial charge in [0.2, 0.25) is 6.08 Å². The normalized spacial score (nSPS) is 16.1. The molecule has 1 aromatic carbocycles. The molecule has 0 N–H and O–H groups in total. The summed E-state index contributed by atoms with van der Waals surface area (Å²) < 4.78 is 34.2. The summed E-state index contributed by atoms with van der Waals surface area (Å²) in [4.78, 5) is 14.4. The van der Waals surface area contributed by atoms with Crippen LogP contribution in [0.3, 0.4) is 0 Å². The fraction of sp³-hybridized carbons (Fsp3) is 0.462. The van der Waals surface area contributed by atoms with Crippen molar-refractivity contribution in [3.05, 3.63) is 17.7 Å². The van der Waals surface area contributed by atoms with Crippen molar-refractivity contribution in [2.24, 2.45) is 4.99 Å². The van der Waals surface area contributed by atoms with Gasteiger partial charge in [-0.2, -0.15) is 4.99 Å². The van der Waals surface area contributed by atoms with Crippen molar-refractivity contribution in [2.45, 2.75) is 23.3 Å². The van der Waals surface area contributed by atoms with E-state index in [1.54, 1.807) is 12.1 Å². The summed E-state index contributed by atoms with van der Waals surface area (Å²) in [6.07, 6.45) is 3.93. The van der Waals surface area contributed by atoms with Crippen molar-refractivity contribution in [3.8, 4) is 11.5 Å². The molecule has 0 aliphatic heterocycles. The lowest BCUT2D eigenvalue weighted by molar-refractivity contribution is 0.382. The van der Waals surface area contributed by atoms with E-state index in [0.717, 1.165) is 6.26 Å². The summed E-state index contributed by atoms with van der Waals surface area (Å²) in [6, 6.07) is 3.06. The molecule has 1 aromatic rings. The maximum absolute atomic E-state index is 11.9. The van der Waals surface area contributed by atoms with Gasteiger partial charge in [0.25, 0.3) is 0 Å². The monoisotopic (exact) mass is 297 g/mol. The van der Waals surface area contributed by atoms with Crippen LogP contribution in [0.1, 0.15) is 18.4 Å². The minimum Gasteiger partial charge on any atom is -0.497 e. The fourth-order valence-electron chi connectivity index (χ4n) is 2.17. The van der Waals surface area contributed by atoms with Crippen LogP contribution >= 0.6 is 0 Å². The minimum absolute atomic E-state index is 0.0294. The smallest absolute Gasteiger partial charge is 0.235 e. The molecule has 1 aliphatic rings. The number of nitrogens with zero attached hydrogens (tertiary/aromatic N) is 1. The molecule has 20 heavy (non-hydrogen) atoms.